The molecular weight excluding hydrogens is 210 g/mol. The lowest BCUT2D eigenvalue weighted by atomic mass is 10.3. The monoisotopic (exact) mass is 225 g/mol. The van der Waals surface area contributed by atoms with Crippen LogP contribution in [0.4, 0.5) is 5.82 Å². The SMILES string of the molecule is CCCN(CC(=O)O)c1cc(=O)[nH]c(C)n1. The molecule has 1 aromatic rings. The molecule has 6 nitrogen and oxygen atoms in total. The Bertz CT molecular complexity index is 428. The van der Waals surface area contributed by atoms with Crippen LogP contribution in [0.2, 0.25) is 0 Å². The van der Waals surface area contributed by atoms with Crippen LogP contribution in [0.15, 0.2) is 10.9 Å². The van der Waals surface area contributed by atoms with Crippen molar-refractivity contribution in [2.45, 2.75) is 20.3 Å². The molecule has 0 atom stereocenters. The van der Waals surface area contributed by atoms with Crippen molar-refractivity contribution in [1.29, 1.82) is 0 Å². The van der Waals surface area contributed by atoms with Crippen LogP contribution >= 0.6 is 0 Å². The Morgan fingerprint density at radius 2 is 2.31 bits per heavy atom. The lowest BCUT2D eigenvalue weighted by molar-refractivity contribution is -0.135. The molecule has 0 aliphatic carbocycles. The zero-order valence-electron chi connectivity index (χ0n) is 9.36. The average Bonchev–Trinajstić information content (AvgIpc) is 2.14. The molecule has 1 heterocycles. The number of aromatic nitrogens is 2. The van der Waals surface area contributed by atoms with Crippen molar-refractivity contribution in [2.24, 2.45) is 0 Å². The van der Waals surface area contributed by atoms with Crippen LogP contribution in [-0.4, -0.2) is 34.1 Å². The highest BCUT2D eigenvalue weighted by atomic mass is 16.4. The van der Waals surface area contributed by atoms with E-state index in [0.29, 0.717) is 18.2 Å². The summed E-state index contributed by atoms with van der Waals surface area (Å²) in [6.45, 7) is 4.01. The number of rotatable bonds is 5. The van der Waals surface area contributed by atoms with Gasteiger partial charge in [-0.1, -0.05) is 6.92 Å². The molecule has 0 saturated heterocycles. The fourth-order valence-electron chi connectivity index (χ4n) is 1.43. The number of carboxylic acids is 1. The molecule has 0 spiro atoms. The molecule has 1 rings (SSSR count). The van der Waals surface area contributed by atoms with Crippen LogP contribution < -0.4 is 10.5 Å². The molecule has 2 N–H and O–H groups in total. The second kappa shape index (κ2) is 5.29. The van der Waals surface area contributed by atoms with Crippen molar-refractivity contribution in [3.05, 3.63) is 22.2 Å². The summed E-state index contributed by atoms with van der Waals surface area (Å²) < 4.78 is 0. The number of aryl methyl sites for hydroxylation is 1. The van der Waals surface area contributed by atoms with E-state index in [1.54, 1.807) is 11.8 Å². The number of nitrogens with one attached hydrogen (secondary N) is 1. The van der Waals surface area contributed by atoms with Crippen molar-refractivity contribution in [3.63, 3.8) is 0 Å². The normalized spacial score (nSPS) is 10.1. The third kappa shape index (κ3) is 3.38. The number of carbonyl (C=O) groups is 1. The van der Waals surface area contributed by atoms with Crippen LogP contribution in [0.3, 0.4) is 0 Å². The van der Waals surface area contributed by atoms with Crippen molar-refractivity contribution in [1.82, 2.24) is 9.97 Å². The van der Waals surface area contributed by atoms with Gasteiger partial charge in [-0.25, -0.2) is 4.98 Å². The molecule has 0 radical (unpaired) electrons. The predicted octanol–water partition coefficient (Wildman–Crippen LogP) is 0.379. The van der Waals surface area contributed by atoms with E-state index in [1.165, 1.54) is 6.07 Å². The lowest BCUT2D eigenvalue weighted by Crippen LogP contribution is -2.32. The van der Waals surface area contributed by atoms with E-state index >= 15 is 0 Å². The van der Waals surface area contributed by atoms with Gasteiger partial charge >= 0.3 is 5.97 Å². The number of carboxylic acid groups (broad SMARTS) is 1. The highest BCUT2D eigenvalue weighted by molar-refractivity contribution is 5.73. The zero-order valence-corrected chi connectivity index (χ0v) is 9.36. The van der Waals surface area contributed by atoms with Gasteiger partial charge in [0.05, 0.1) is 0 Å². The lowest BCUT2D eigenvalue weighted by Gasteiger charge is -2.20. The third-order valence-electron chi connectivity index (χ3n) is 1.99. The summed E-state index contributed by atoms with van der Waals surface area (Å²) in [6, 6.07) is 1.31. The molecule has 1 aromatic heterocycles. The summed E-state index contributed by atoms with van der Waals surface area (Å²) in [5.74, 6) is -0.0484. The molecular formula is C10H15N3O3. The summed E-state index contributed by atoms with van der Waals surface area (Å²) in [6.07, 6.45) is 0.792. The highest BCUT2D eigenvalue weighted by Gasteiger charge is 2.11. The maximum absolute atomic E-state index is 11.2. The summed E-state index contributed by atoms with van der Waals surface area (Å²) in [7, 11) is 0. The van der Waals surface area contributed by atoms with Gasteiger partial charge in [-0.15, -0.1) is 0 Å². The number of aliphatic carboxylic acids is 1. The van der Waals surface area contributed by atoms with Crippen molar-refractivity contribution < 1.29 is 9.90 Å². The van der Waals surface area contributed by atoms with Gasteiger partial charge in [-0.2, -0.15) is 0 Å². The van der Waals surface area contributed by atoms with Crippen LogP contribution in [0.5, 0.6) is 0 Å². The molecule has 88 valence electrons. The van der Waals surface area contributed by atoms with E-state index in [0.717, 1.165) is 6.42 Å². The molecule has 0 aliphatic rings. The first-order valence-electron chi connectivity index (χ1n) is 5.07. The Kier molecular flexibility index (Phi) is 4.04. The number of aromatic amines is 1. The van der Waals surface area contributed by atoms with Gasteiger partial charge in [-0.05, 0) is 13.3 Å². The van der Waals surface area contributed by atoms with Crippen LogP contribution in [0.25, 0.3) is 0 Å². The molecule has 0 fully saturated rings. The first kappa shape index (κ1) is 12.2. The second-order valence-electron chi connectivity index (χ2n) is 3.50. The summed E-state index contributed by atoms with van der Waals surface area (Å²) in [5, 5.41) is 8.76. The first-order chi connectivity index (χ1) is 7.52. The number of H-pyrrole nitrogens is 1. The second-order valence-corrected chi connectivity index (χ2v) is 3.50. The van der Waals surface area contributed by atoms with Crippen LogP contribution in [0.1, 0.15) is 19.2 Å². The summed E-state index contributed by atoms with van der Waals surface area (Å²) in [4.78, 5) is 30.1. The minimum absolute atomic E-state index is 0.149. The maximum Gasteiger partial charge on any atom is 0.323 e. The third-order valence-corrected chi connectivity index (χ3v) is 1.99. The van der Waals surface area contributed by atoms with Gasteiger partial charge < -0.3 is 15.0 Å². The highest BCUT2D eigenvalue weighted by Crippen LogP contribution is 2.07. The summed E-state index contributed by atoms with van der Waals surface area (Å²) in [5.41, 5.74) is -0.269. The molecule has 0 amide bonds. The smallest absolute Gasteiger partial charge is 0.323 e. The fraction of sp³-hybridized carbons (Fsp3) is 0.500. The van der Waals surface area contributed by atoms with Gasteiger partial charge in [0.2, 0.25) is 0 Å². The molecule has 6 heteroatoms. The van der Waals surface area contributed by atoms with Crippen molar-refractivity contribution in [3.8, 4) is 0 Å². The van der Waals surface area contributed by atoms with Gasteiger partial charge in [0.15, 0.2) is 0 Å². The van der Waals surface area contributed by atoms with Crippen LogP contribution in [-0.2, 0) is 4.79 Å². The van der Waals surface area contributed by atoms with Crippen molar-refractivity contribution in [2.75, 3.05) is 18.0 Å². The first-order valence-corrected chi connectivity index (χ1v) is 5.07. The summed E-state index contributed by atoms with van der Waals surface area (Å²) >= 11 is 0. The maximum atomic E-state index is 11.2. The number of nitrogens with zero attached hydrogens (tertiary/aromatic N) is 2. The van der Waals surface area contributed by atoms with E-state index in [2.05, 4.69) is 9.97 Å². The van der Waals surface area contributed by atoms with E-state index in [4.69, 9.17) is 5.11 Å². The number of hydrogen-bond donors (Lipinski definition) is 2. The van der Waals surface area contributed by atoms with Crippen molar-refractivity contribution >= 4 is 11.8 Å². The van der Waals surface area contributed by atoms with Gasteiger partial charge in [0, 0.05) is 12.6 Å². The average molecular weight is 225 g/mol. The molecule has 0 bridgehead atoms. The zero-order chi connectivity index (χ0) is 12.1. The Morgan fingerprint density at radius 3 is 2.81 bits per heavy atom. The minimum atomic E-state index is -0.937. The molecule has 0 aromatic carbocycles. The molecule has 0 aliphatic heterocycles. The Hall–Kier alpha value is -1.85. The molecule has 16 heavy (non-hydrogen) atoms. The quantitative estimate of drug-likeness (QED) is 0.756. The standard InChI is InChI=1S/C10H15N3O3/c1-3-4-13(6-10(15)16)8-5-9(14)12-7(2)11-8/h5H,3-4,6H2,1-2H3,(H,15,16)(H,11,12,14). The van der Waals surface area contributed by atoms with E-state index < -0.39 is 5.97 Å². The topological polar surface area (TPSA) is 86.3 Å². The molecule has 0 unspecified atom stereocenters. The predicted molar refractivity (Wildman–Crippen MR) is 59.7 cm³/mol. The molecule has 0 saturated carbocycles. The van der Waals surface area contributed by atoms with E-state index in [-0.39, 0.29) is 12.1 Å². The Morgan fingerprint density at radius 1 is 1.62 bits per heavy atom. The largest absolute Gasteiger partial charge is 0.480 e. The Labute approximate surface area is 92.9 Å². The van der Waals surface area contributed by atoms with Gasteiger partial charge in [-0.3, -0.25) is 9.59 Å². The number of anilines is 1. The van der Waals surface area contributed by atoms with E-state index in [9.17, 15) is 9.59 Å². The fourth-order valence-corrected chi connectivity index (χ4v) is 1.43. The van der Waals surface area contributed by atoms with Gasteiger partial charge in [0.25, 0.3) is 5.56 Å². The van der Waals surface area contributed by atoms with E-state index in [1.807, 2.05) is 6.92 Å². The van der Waals surface area contributed by atoms with Gasteiger partial charge in [0.1, 0.15) is 18.2 Å². The Balaban J connectivity index is 2.99. The minimum Gasteiger partial charge on any atom is -0.480 e. The number of hydrogen-bond acceptors (Lipinski definition) is 4. The van der Waals surface area contributed by atoms with Crippen LogP contribution in [0, 0.1) is 6.92 Å².